The predicted octanol–water partition coefficient (Wildman–Crippen LogP) is 3.81. The minimum Gasteiger partial charge on any atom is -0.405 e. The molecule has 0 heterocycles. The molecule has 0 aliphatic heterocycles. The van der Waals surface area contributed by atoms with Crippen molar-refractivity contribution in [2.24, 2.45) is 5.73 Å². The maximum absolute atomic E-state index is 12.1. The first-order chi connectivity index (χ1) is 7.44. The van der Waals surface area contributed by atoms with E-state index in [4.69, 9.17) is 5.73 Å². The van der Waals surface area contributed by atoms with Crippen molar-refractivity contribution in [3.05, 3.63) is 29.8 Å². The highest BCUT2D eigenvalue weighted by molar-refractivity contribution is 5.85. The minimum atomic E-state index is -4.68. The van der Waals surface area contributed by atoms with Gasteiger partial charge in [-0.25, -0.2) is 0 Å². The lowest BCUT2D eigenvalue weighted by Gasteiger charge is -2.17. The number of hydrogen-bond donors (Lipinski definition) is 1. The first-order valence-corrected chi connectivity index (χ1v) is 5.04. The number of rotatable bonds is 4. The van der Waals surface area contributed by atoms with Gasteiger partial charge in [0.1, 0.15) is 5.75 Å². The Labute approximate surface area is 104 Å². The Balaban J connectivity index is 0.00000256. The second kappa shape index (κ2) is 6.71. The van der Waals surface area contributed by atoms with Crippen LogP contribution in [0.1, 0.15) is 31.4 Å². The number of halogens is 4. The highest BCUT2D eigenvalue weighted by Crippen LogP contribution is 2.30. The molecule has 17 heavy (non-hydrogen) atoms. The van der Waals surface area contributed by atoms with Gasteiger partial charge >= 0.3 is 6.36 Å². The lowest BCUT2D eigenvalue weighted by atomic mass is 10.0. The van der Waals surface area contributed by atoms with Crippen molar-refractivity contribution < 1.29 is 17.9 Å². The van der Waals surface area contributed by atoms with E-state index in [1.807, 2.05) is 6.92 Å². The molecule has 0 bridgehead atoms. The third-order valence-corrected chi connectivity index (χ3v) is 2.14. The van der Waals surface area contributed by atoms with Crippen LogP contribution in [0.5, 0.6) is 5.75 Å². The first-order valence-electron chi connectivity index (χ1n) is 5.04. The second-order valence-corrected chi connectivity index (χ2v) is 3.48. The molecule has 0 amide bonds. The molecule has 98 valence electrons. The SMILES string of the molecule is CCC[C@@H](N)c1ccccc1OC(F)(F)F.Cl. The van der Waals surface area contributed by atoms with Crippen molar-refractivity contribution in [3.8, 4) is 5.75 Å². The first kappa shape index (κ1) is 16.1. The maximum atomic E-state index is 12.1. The lowest BCUT2D eigenvalue weighted by molar-refractivity contribution is -0.275. The van der Waals surface area contributed by atoms with Gasteiger partial charge in [-0.1, -0.05) is 31.5 Å². The molecule has 2 nitrogen and oxygen atoms in total. The fraction of sp³-hybridized carbons (Fsp3) is 0.455. The lowest BCUT2D eigenvalue weighted by Crippen LogP contribution is -2.20. The standard InChI is InChI=1S/C11H14F3NO.ClH/c1-2-5-9(15)8-6-3-4-7-10(8)16-11(12,13)14;/h3-4,6-7,9H,2,5,15H2,1H3;1H/t9-;/m1./s1. The van der Waals surface area contributed by atoms with E-state index < -0.39 is 12.4 Å². The fourth-order valence-electron chi connectivity index (χ4n) is 1.47. The average molecular weight is 270 g/mol. The second-order valence-electron chi connectivity index (χ2n) is 3.48. The van der Waals surface area contributed by atoms with Crippen molar-refractivity contribution in [2.75, 3.05) is 0 Å². The smallest absolute Gasteiger partial charge is 0.405 e. The maximum Gasteiger partial charge on any atom is 0.573 e. The van der Waals surface area contributed by atoms with E-state index in [1.165, 1.54) is 12.1 Å². The number of benzene rings is 1. The van der Waals surface area contributed by atoms with Crippen molar-refractivity contribution in [2.45, 2.75) is 32.2 Å². The summed E-state index contributed by atoms with van der Waals surface area (Å²) < 4.78 is 40.2. The van der Waals surface area contributed by atoms with Crippen LogP contribution in [0.2, 0.25) is 0 Å². The van der Waals surface area contributed by atoms with Crippen LogP contribution in [-0.2, 0) is 0 Å². The molecule has 0 radical (unpaired) electrons. The summed E-state index contributed by atoms with van der Waals surface area (Å²) in [4.78, 5) is 0. The topological polar surface area (TPSA) is 35.2 Å². The highest BCUT2D eigenvalue weighted by Gasteiger charge is 2.32. The summed E-state index contributed by atoms with van der Waals surface area (Å²) in [5.74, 6) is -0.212. The van der Waals surface area contributed by atoms with Gasteiger partial charge in [-0.15, -0.1) is 25.6 Å². The Kier molecular flexibility index (Phi) is 6.34. The van der Waals surface area contributed by atoms with Crippen LogP contribution < -0.4 is 10.5 Å². The molecule has 0 fully saturated rings. The van der Waals surface area contributed by atoms with E-state index in [2.05, 4.69) is 4.74 Å². The van der Waals surface area contributed by atoms with E-state index in [0.717, 1.165) is 6.42 Å². The molecule has 2 N–H and O–H groups in total. The number of ether oxygens (including phenoxy) is 1. The Morgan fingerprint density at radius 3 is 2.41 bits per heavy atom. The quantitative estimate of drug-likeness (QED) is 0.902. The molecule has 1 atom stereocenters. The molecule has 0 saturated heterocycles. The van der Waals surface area contributed by atoms with Crippen LogP contribution in [0, 0.1) is 0 Å². The highest BCUT2D eigenvalue weighted by atomic mass is 35.5. The Morgan fingerprint density at radius 1 is 1.29 bits per heavy atom. The van der Waals surface area contributed by atoms with Crippen molar-refractivity contribution >= 4 is 12.4 Å². The minimum absolute atomic E-state index is 0. The Bertz CT molecular complexity index is 344. The molecule has 0 spiro atoms. The number of nitrogens with two attached hydrogens (primary N) is 1. The molecule has 0 unspecified atom stereocenters. The number of hydrogen-bond acceptors (Lipinski definition) is 2. The summed E-state index contributed by atoms with van der Waals surface area (Å²) in [6, 6.07) is 5.54. The predicted molar refractivity (Wildman–Crippen MR) is 62.2 cm³/mol. The fourth-order valence-corrected chi connectivity index (χ4v) is 1.47. The zero-order chi connectivity index (χ0) is 12.2. The molecule has 0 aromatic heterocycles. The summed E-state index contributed by atoms with van der Waals surface area (Å²) in [5, 5.41) is 0. The van der Waals surface area contributed by atoms with E-state index in [1.54, 1.807) is 12.1 Å². The van der Waals surface area contributed by atoms with Gasteiger partial charge in [0.15, 0.2) is 0 Å². The van der Waals surface area contributed by atoms with Gasteiger partial charge in [0.05, 0.1) is 0 Å². The largest absolute Gasteiger partial charge is 0.573 e. The van der Waals surface area contributed by atoms with Gasteiger partial charge in [0, 0.05) is 11.6 Å². The average Bonchev–Trinajstić information content (AvgIpc) is 2.16. The summed E-state index contributed by atoms with van der Waals surface area (Å²) in [6.07, 6.45) is -3.25. The summed E-state index contributed by atoms with van der Waals surface area (Å²) in [6.45, 7) is 1.92. The molecular weight excluding hydrogens is 255 g/mol. The van der Waals surface area contributed by atoms with E-state index in [0.29, 0.717) is 12.0 Å². The molecule has 0 aliphatic carbocycles. The van der Waals surface area contributed by atoms with Crippen LogP contribution >= 0.6 is 12.4 Å². The molecule has 0 aliphatic rings. The van der Waals surface area contributed by atoms with Gasteiger partial charge in [-0.3, -0.25) is 0 Å². The third kappa shape index (κ3) is 5.28. The molecule has 0 saturated carbocycles. The summed E-state index contributed by atoms with van der Waals surface area (Å²) in [5.41, 5.74) is 6.17. The van der Waals surface area contributed by atoms with Gasteiger partial charge in [0.2, 0.25) is 0 Å². The van der Waals surface area contributed by atoms with Gasteiger partial charge in [-0.05, 0) is 12.5 Å². The Hall–Kier alpha value is -0.940. The molecular formula is C11H15ClF3NO. The van der Waals surface area contributed by atoms with Gasteiger partial charge in [-0.2, -0.15) is 0 Å². The number of alkyl halides is 3. The van der Waals surface area contributed by atoms with Gasteiger partial charge < -0.3 is 10.5 Å². The Morgan fingerprint density at radius 2 is 1.88 bits per heavy atom. The van der Waals surface area contributed by atoms with Crippen molar-refractivity contribution in [1.82, 2.24) is 0 Å². The van der Waals surface area contributed by atoms with Crippen molar-refractivity contribution in [1.29, 1.82) is 0 Å². The summed E-state index contributed by atoms with van der Waals surface area (Å²) in [7, 11) is 0. The van der Waals surface area contributed by atoms with Crippen LogP contribution in [0.15, 0.2) is 24.3 Å². The van der Waals surface area contributed by atoms with E-state index in [9.17, 15) is 13.2 Å². The molecule has 1 aromatic carbocycles. The van der Waals surface area contributed by atoms with Crippen LogP contribution in [-0.4, -0.2) is 6.36 Å². The molecule has 6 heteroatoms. The zero-order valence-corrected chi connectivity index (χ0v) is 10.1. The summed E-state index contributed by atoms with van der Waals surface area (Å²) >= 11 is 0. The normalized spacial score (nSPS) is 12.8. The molecule has 1 rings (SSSR count). The zero-order valence-electron chi connectivity index (χ0n) is 9.33. The van der Waals surface area contributed by atoms with Crippen LogP contribution in [0.25, 0.3) is 0 Å². The van der Waals surface area contributed by atoms with Crippen molar-refractivity contribution in [3.63, 3.8) is 0 Å². The molecule has 1 aromatic rings. The van der Waals surface area contributed by atoms with Gasteiger partial charge in [0.25, 0.3) is 0 Å². The number of para-hydroxylation sites is 1. The van der Waals surface area contributed by atoms with Crippen LogP contribution in [0.3, 0.4) is 0 Å². The van der Waals surface area contributed by atoms with E-state index in [-0.39, 0.29) is 18.2 Å². The third-order valence-electron chi connectivity index (χ3n) is 2.14. The van der Waals surface area contributed by atoms with E-state index >= 15 is 0 Å². The monoisotopic (exact) mass is 269 g/mol. The van der Waals surface area contributed by atoms with Crippen LogP contribution in [0.4, 0.5) is 13.2 Å².